The molecule has 2 atom stereocenters. The van der Waals surface area contributed by atoms with Crippen LogP contribution in [0.25, 0.3) is 0 Å². The Hall–Kier alpha value is -1.64. The van der Waals surface area contributed by atoms with Gasteiger partial charge in [0, 0.05) is 12.5 Å². The number of hydrogen-bond donors (Lipinski definition) is 2. The van der Waals surface area contributed by atoms with Crippen LogP contribution in [0, 0.1) is 20.8 Å². The second-order valence-electron chi connectivity index (χ2n) is 5.50. The van der Waals surface area contributed by atoms with Gasteiger partial charge in [0.2, 0.25) is 0 Å². The van der Waals surface area contributed by atoms with Crippen LogP contribution in [0.15, 0.2) is 42.5 Å². The normalized spacial score (nSPS) is 14.1. The summed E-state index contributed by atoms with van der Waals surface area (Å²) in [7, 11) is 0. The molecule has 2 unspecified atom stereocenters. The Morgan fingerprint density at radius 1 is 1.00 bits per heavy atom. The Kier molecular flexibility index (Phi) is 4.58. The van der Waals surface area contributed by atoms with E-state index in [1.807, 2.05) is 18.2 Å². The van der Waals surface area contributed by atoms with E-state index in [4.69, 9.17) is 5.73 Å². The summed E-state index contributed by atoms with van der Waals surface area (Å²) >= 11 is 0. The topological polar surface area (TPSA) is 46.2 Å². The molecule has 20 heavy (non-hydrogen) atoms. The first-order valence-electron chi connectivity index (χ1n) is 7.05. The van der Waals surface area contributed by atoms with Crippen LogP contribution in [-0.2, 0) is 0 Å². The molecule has 0 heterocycles. The third-order valence-electron chi connectivity index (χ3n) is 3.83. The molecule has 0 aliphatic heterocycles. The molecule has 0 aliphatic carbocycles. The summed E-state index contributed by atoms with van der Waals surface area (Å²) in [5.74, 6) is -0.0678. The Balaban J connectivity index is 2.59. The van der Waals surface area contributed by atoms with Crippen molar-refractivity contribution in [2.75, 3.05) is 6.54 Å². The molecule has 0 aliphatic rings. The minimum Gasteiger partial charge on any atom is -0.391 e. The highest BCUT2D eigenvalue weighted by molar-refractivity contribution is 5.45. The van der Waals surface area contributed by atoms with Crippen LogP contribution in [0.3, 0.4) is 0 Å². The molecule has 0 radical (unpaired) electrons. The highest BCUT2D eigenvalue weighted by atomic mass is 16.3. The summed E-state index contributed by atoms with van der Waals surface area (Å²) < 4.78 is 0. The summed E-state index contributed by atoms with van der Waals surface area (Å²) in [5.41, 5.74) is 11.7. The smallest absolute Gasteiger partial charge is 0.0771 e. The number of benzene rings is 2. The highest BCUT2D eigenvalue weighted by Gasteiger charge is 2.25. The third kappa shape index (κ3) is 2.92. The number of aliphatic hydroxyl groups is 1. The van der Waals surface area contributed by atoms with Gasteiger partial charge in [-0.25, -0.2) is 0 Å². The molecule has 3 N–H and O–H groups in total. The molecule has 0 bridgehead atoms. The predicted molar refractivity (Wildman–Crippen MR) is 84.0 cm³/mol. The van der Waals surface area contributed by atoms with Crippen molar-refractivity contribution in [3.05, 3.63) is 70.3 Å². The van der Waals surface area contributed by atoms with Crippen molar-refractivity contribution in [3.63, 3.8) is 0 Å². The average Bonchev–Trinajstić information content (AvgIpc) is 2.42. The lowest BCUT2D eigenvalue weighted by Gasteiger charge is -2.26. The minimum atomic E-state index is -0.572. The van der Waals surface area contributed by atoms with Gasteiger partial charge in [-0.05, 0) is 43.0 Å². The van der Waals surface area contributed by atoms with E-state index in [9.17, 15) is 5.11 Å². The molecule has 0 saturated heterocycles. The van der Waals surface area contributed by atoms with E-state index < -0.39 is 6.10 Å². The summed E-state index contributed by atoms with van der Waals surface area (Å²) in [6.45, 7) is 6.57. The van der Waals surface area contributed by atoms with Gasteiger partial charge >= 0.3 is 0 Å². The van der Waals surface area contributed by atoms with Gasteiger partial charge in [-0.1, -0.05) is 48.0 Å². The van der Waals surface area contributed by atoms with Gasteiger partial charge in [-0.15, -0.1) is 0 Å². The molecule has 2 aromatic carbocycles. The van der Waals surface area contributed by atoms with E-state index in [2.05, 4.69) is 45.0 Å². The Labute approximate surface area is 121 Å². The van der Waals surface area contributed by atoms with Gasteiger partial charge in [0.15, 0.2) is 0 Å². The van der Waals surface area contributed by atoms with Crippen molar-refractivity contribution in [1.82, 2.24) is 0 Å². The van der Waals surface area contributed by atoms with Crippen molar-refractivity contribution in [2.45, 2.75) is 32.8 Å². The first kappa shape index (κ1) is 14.8. The van der Waals surface area contributed by atoms with Crippen LogP contribution in [0.2, 0.25) is 0 Å². The van der Waals surface area contributed by atoms with Gasteiger partial charge in [-0.3, -0.25) is 0 Å². The molecule has 0 saturated carbocycles. The summed E-state index contributed by atoms with van der Waals surface area (Å²) in [6.07, 6.45) is -0.572. The first-order chi connectivity index (χ1) is 9.54. The van der Waals surface area contributed by atoms with E-state index in [0.717, 1.165) is 5.56 Å². The fourth-order valence-corrected chi connectivity index (χ4v) is 3.06. The lowest BCUT2D eigenvalue weighted by atomic mass is 9.81. The lowest BCUT2D eigenvalue weighted by Crippen LogP contribution is -2.29. The van der Waals surface area contributed by atoms with Crippen molar-refractivity contribution in [3.8, 4) is 0 Å². The van der Waals surface area contributed by atoms with E-state index in [0.29, 0.717) is 0 Å². The Morgan fingerprint density at radius 2 is 1.55 bits per heavy atom. The summed E-state index contributed by atoms with van der Waals surface area (Å²) in [5, 5.41) is 10.4. The molecule has 2 rings (SSSR count). The molecule has 0 spiro atoms. The van der Waals surface area contributed by atoms with E-state index in [-0.39, 0.29) is 12.5 Å². The van der Waals surface area contributed by atoms with E-state index in [1.165, 1.54) is 22.3 Å². The maximum absolute atomic E-state index is 10.4. The van der Waals surface area contributed by atoms with Crippen molar-refractivity contribution in [1.29, 1.82) is 0 Å². The number of nitrogens with two attached hydrogens (primary N) is 1. The van der Waals surface area contributed by atoms with E-state index >= 15 is 0 Å². The predicted octanol–water partition coefficient (Wildman–Crippen LogP) is 3.06. The molecule has 2 aromatic rings. The first-order valence-corrected chi connectivity index (χ1v) is 7.05. The lowest BCUT2D eigenvalue weighted by molar-refractivity contribution is 0.164. The quantitative estimate of drug-likeness (QED) is 0.896. The van der Waals surface area contributed by atoms with Gasteiger partial charge in [0.05, 0.1) is 6.10 Å². The summed E-state index contributed by atoms with van der Waals surface area (Å²) in [4.78, 5) is 0. The molecule has 2 heteroatoms. The van der Waals surface area contributed by atoms with Crippen molar-refractivity contribution in [2.24, 2.45) is 5.73 Å². The Morgan fingerprint density at radius 3 is 2.05 bits per heavy atom. The van der Waals surface area contributed by atoms with Gasteiger partial charge < -0.3 is 10.8 Å². The molecular formula is C18H23NO. The molecule has 2 nitrogen and oxygen atoms in total. The fraction of sp³-hybridized carbons (Fsp3) is 0.333. The van der Waals surface area contributed by atoms with Crippen LogP contribution in [0.1, 0.15) is 33.7 Å². The van der Waals surface area contributed by atoms with Crippen molar-refractivity contribution < 1.29 is 5.11 Å². The molecule has 0 amide bonds. The average molecular weight is 269 g/mol. The van der Waals surface area contributed by atoms with Crippen LogP contribution in [0.5, 0.6) is 0 Å². The number of rotatable bonds is 4. The zero-order chi connectivity index (χ0) is 14.7. The molecule has 0 aromatic heterocycles. The van der Waals surface area contributed by atoms with Gasteiger partial charge in [0.1, 0.15) is 0 Å². The largest absolute Gasteiger partial charge is 0.391 e. The second kappa shape index (κ2) is 6.21. The molecule has 106 valence electrons. The SMILES string of the molecule is Cc1cc(C)c(C(c2ccccc2)C(O)CN)c(C)c1. The number of aliphatic hydroxyl groups excluding tert-OH is 1. The maximum atomic E-state index is 10.4. The number of hydrogen-bond acceptors (Lipinski definition) is 2. The van der Waals surface area contributed by atoms with Crippen LogP contribution in [0.4, 0.5) is 0 Å². The maximum Gasteiger partial charge on any atom is 0.0771 e. The second-order valence-corrected chi connectivity index (χ2v) is 5.50. The third-order valence-corrected chi connectivity index (χ3v) is 3.83. The molecule has 0 fully saturated rings. The standard InChI is InChI=1S/C18H23NO/c1-12-9-13(2)17(14(3)10-12)18(16(20)11-19)15-7-5-4-6-8-15/h4-10,16,18,20H,11,19H2,1-3H3. The van der Waals surface area contributed by atoms with Gasteiger partial charge in [-0.2, -0.15) is 0 Å². The van der Waals surface area contributed by atoms with Crippen molar-refractivity contribution >= 4 is 0 Å². The van der Waals surface area contributed by atoms with Crippen LogP contribution in [-0.4, -0.2) is 17.8 Å². The van der Waals surface area contributed by atoms with Crippen LogP contribution >= 0.6 is 0 Å². The van der Waals surface area contributed by atoms with Gasteiger partial charge in [0.25, 0.3) is 0 Å². The highest BCUT2D eigenvalue weighted by Crippen LogP contribution is 2.33. The van der Waals surface area contributed by atoms with E-state index in [1.54, 1.807) is 0 Å². The number of aryl methyl sites for hydroxylation is 3. The zero-order valence-electron chi connectivity index (χ0n) is 12.4. The molecular weight excluding hydrogens is 246 g/mol. The Bertz CT molecular complexity index is 554. The zero-order valence-corrected chi connectivity index (χ0v) is 12.4. The summed E-state index contributed by atoms with van der Waals surface area (Å²) in [6, 6.07) is 14.5. The fourth-order valence-electron chi connectivity index (χ4n) is 3.06. The monoisotopic (exact) mass is 269 g/mol. The van der Waals surface area contributed by atoms with Crippen LogP contribution < -0.4 is 5.73 Å². The minimum absolute atomic E-state index is 0.0678.